The maximum absolute atomic E-state index is 10.6. The van der Waals surface area contributed by atoms with Gasteiger partial charge in [0.2, 0.25) is 5.91 Å². The third kappa shape index (κ3) is 6.12. The van der Waals surface area contributed by atoms with Crippen molar-refractivity contribution in [2.24, 2.45) is 0 Å². The number of carbonyl (C=O) groups is 1. The van der Waals surface area contributed by atoms with Gasteiger partial charge in [-0.25, -0.2) is 0 Å². The lowest BCUT2D eigenvalue weighted by atomic mass is 10.4. The molecule has 4 heteroatoms. The number of rotatable bonds is 6. The fourth-order valence-corrected chi connectivity index (χ4v) is 0.691. The summed E-state index contributed by atoms with van der Waals surface area (Å²) in [7, 11) is 0. The van der Waals surface area contributed by atoms with Gasteiger partial charge in [-0.3, -0.25) is 4.79 Å². The second-order valence-electron chi connectivity index (χ2n) is 2.64. The number of ether oxygens (including phenoxy) is 1. The van der Waals surface area contributed by atoms with Gasteiger partial charge in [0.05, 0.1) is 6.10 Å². The fraction of sp³-hybridized carbons (Fsp3) is 0.875. The third-order valence-electron chi connectivity index (χ3n) is 1.34. The van der Waals surface area contributed by atoms with Gasteiger partial charge >= 0.3 is 0 Å². The van der Waals surface area contributed by atoms with E-state index in [1.807, 2.05) is 13.8 Å². The van der Waals surface area contributed by atoms with E-state index >= 15 is 0 Å². The molecule has 1 unspecified atom stereocenters. The van der Waals surface area contributed by atoms with Crippen LogP contribution in [0.5, 0.6) is 0 Å². The van der Waals surface area contributed by atoms with Crippen LogP contribution in [0, 0.1) is 0 Å². The van der Waals surface area contributed by atoms with Crippen LogP contribution in [-0.2, 0) is 9.53 Å². The van der Waals surface area contributed by atoms with Gasteiger partial charge in [-0.05, 0) is 13.3 Å². The highest BCUT2D eigenvalue weighted by Gasteiger charge is 2.03. The summed E-state index contributed by atoms with van der Waals surface area (Å²) < 4.78 is 5.29. The molecule has 0 heterocycles. The molecule has 0 saturated carbocycles. The van der Waals surface area contributed by atoms with Crippen molar-refractivity contribution in [3.8, 4) is 0 Å². The minimum absolute atomic E-state index is 0.0143. The van der Waals surface area contributed by atoms with Crippen LogP contribution in [0.2, 0.25) is 0 Å². The molecule has 1 atom stereocenters. The summed E-state index contributed by atoms with van der Waals surface area (Å²) in [5, 5.41) is 10.9. The maximum Gasteiger partial charge on any atom is 0.245 e. The highest BCUT2D eigenvalue weighted by Crippen LogP contribution is 1.89. The van der Waals surface area contributed by atoms with Crippen molar-refractivity contribution in [1.29, 1.82) is 0 Å². The van der Waals surface area contributed by atoms with E-state index < -0.39 is 6.61 Å². The monoisotopic (exact) mass is 175 g/mol. The van der Waals surface area contributed by atoms with Crippen LogP contribution < -0.4 is 5.32 Å². The molecular formula is C8H17NO3. The van der Waals surface area contributed by atoms with Crippen molar-refractivity contribution in [3.63, 3.8) is 0 Å². The van der Waals surface area contributed by atoms with Gasteiger partial charge in [-0.2, -0.15) is 0 Å². The molecule has 4 nitrogen and oxygen atoms in total. The standard InChI is InChI=1S/C8H17NO3/c1-3-4-12-7(2)5-9-8(11)6-10/h7,10H,3-6H2,1-2H3,(H,9,11). The van der Waals surface area contributed by atoms with E-state index in [-0.39, 0.29) is 12.0 Å². The number of nitrogens with one attached hydrogen (secondary N) is 1. The Morgan fingerprint density at radius 2 is 2.33 bits per heavy atom. The smallest absolute Gasteiger partial charge is 0.245 e. The van der Waals surface area contributed by atoms with Crippen LogP contribution in [-0.4, -0.2) is 36.9 Å². The van der Waals surface area contributed by atoms with Crippen LogP contribution in [0.25, 0.3) is 0 Å². The summed E-state index contributed by atoms with van der Waals surface area (Å²) in [4.78, 5) is 10.6. The molecule has 0 rings (SSSR count). The summed E-state index contributed by atoms with van der Waals surface area (Å²) >= 11 is 0. The van der Waals surface area contributed by atoms with Crippen molar-refractivity contribution in [3.05, 3.63) is 0 Å². The van der Waals surface area contributed by atoms with Crippen molar-refractivity contribution in [2.45, 2.75) is 26.4 Å². The Morgan fingerprint density at radius 1 is 1.67 bits per heavy atom. The SMILES string of the molecule is CCCOC(C)CNC(=O)CO. The molecule has 0 spiro atoms. The molecule has 0 fully saturated rings. The second-order valence-corrected chi connectivity index (χ2v) is 2.64. The van der Waals surface area contributed by atoms with Crippen molar-refractivity contribution < 1.29 is 14.6 Å². The van der Waals surface area contributed by atoms with E-state index in [1.54, 1.807) is 0 Å². The number of amides is 1. The normalized spacial score (nSPS) is 12.6. The number of carbonyl (C=O) groups excluding carboxylic acids is 1. The highest BCUT2D eigenvalue weighted by molar-refractivity contribution is 5.76. The van der Waals surface area contributed by atoms with Crippen LogP contribution >= 0.6 is 0 Å². The van der Waals surface area contributed by atoms with Gasteiger partial charge in [0, 0.05) is 13.2 Å². The van der Waals surface area contributed by atoms with E-state index in [2.05, 4.69) is 5.32 Å². The number of aliphatic hydroxyl groups excluding tert-OH is 1. The van der Waals surface area contributed by atoms with Gasteiger partial charge in [-0.15, -0.1) is 0 Å². The molecule has 0 radical (unpaired) electrons. The quantitative estimate of drug-likeness (QED) is 0.593. The second kappa shape index (κ2) is 7.06. The first-order chi connectivity index (χ1) is 5.70. The first-order valence-electron chi connectivity index (χ1n) is 4.19. The molecule has 0 aromatic rings. The van der Waals surface area contributed by atoms with Crippen LogP contribution in [0.4, 0.5) is 0 Å². The zero-order valence-corrected chi connectivity index (χ0v) is 7.67. The van der Waals surface area contributed by atoms with E-state index in [0.717, 1.165) is 6.42 Å². The predicted octanol–water partition coefficient (Wildman–Crippen LogP) is -0.0900. The molecule has 12 heavy (non-hydrogen) atoms. The molecule has 0 aliphatic rings. The summed E-state index contributed by atoms with van der Waals surface area (Å²) in [5.74, 6) is -0.359. The zero-order chi connectivity index (χ0) is 9.40. The first kappa shape index (κ1) is 11.4. The van der Waals surface area contributed by atoms with E-state index in [4.69, 9.17) is 9.84 Å². The third-order valence-corrected chi connectivity index (χ3v) is 1.34. The summed E-state index contributed by atoms with van der Waals surface area (Å²) in [6.07, 6.45) is 0.985. The molecule has 0 aliphatic carbocycles. The van der Waals surface area contributed by atoms with Gasteiger partial charge in [-0.1, -0.05) is 6.92 Å². The fourth-order valence-electron chi connectivity index (χ4n) is 0.691. The number of hydrogen-bond acceptors (Lipinski definition) is 3. The van der Waals surface area contributed by atoms with Crippen molar-refractivity contribution in [1.82, 2.24) is 5.32 Å². The van der Waals surface area contributed by atoms with E-state index in [1.165, 1.54) is 0 Å². The lowest BCUT2D eigenvalue weighted by Crippen LogP contribution is -2.33. The number of aliphatic hydroxyl groups is 1. The van der Waals surface area contributed by atoms with Crippen molar-refractivity contribution in [2.75, 3.05) is 19.8 Å². The van der Waals surface area contributed by atoms with Gasteiger partial charge in [0.1, 0.15) is 6.61 Å². The summed E-state index contributed by atoms with van der Waals surface area (Å²) in [5.41, 5.74) is 0. The Bertz CT molecular complexity index is 127. The summed E-state index contributed by atoms with van der Waals surface area (Å²) in [6, 6.07) is 0. The maximum atomic E-state index is 10.6. The van der Waals surface area contributed by atoms with Crippen molar-refractivity contribution >= 4 is 5.91 Å². The molecule has 0 saturated heterocycles. The Labute approximate surface area is 72.9 Å². The Kier molecular flexibility index (Phi) is 6.70. The van der Waals surface area contributed by atoms with E-state index in [0.29, 0.717) is 13.2 Å². The molecule has 72 valence electrons. The topological polar surface area (TPSA) is 58.6 Å². The van der Waals surface area contributed by atoms with E-state index in [9.17, 15) is 4.79 Å². The zero-order valence-electron chi connectivity index (χ0n) is 7.67. The van der Waals surface area contributed by atoms with Gasteiger partial charge in [0.15, 0.2) is 0 Å². The molecule has 0 aromatic carbocycles. The number of hydrogen-bond donors (Lipinski definition) is 2. The molecule has 0 aromatic heterocycles. The Hall–Kier alpha value is -0.610. The molecule has 0 aliphatic heterocycles. The molecular weight excluding hydrogens is 158 g/mol. The van der Waals surface area contributed by atoms with Crippen LogP contribution in [0.1, 0.15) is 20.3 Å². The minimum atomic E-state index is -0.458. The Morgan fingerprint density at radius 3 is 2.83 bits per heavy atom. The lowest BCUT2D eigenvalue weighted by molar-refractivity contribution is -0.124. The lowest BCUT2D eigenvalue weighted by Gasteiger charge is -2.12. The molecule has 1 amide bonds. The van der Waals surface area contributed by atoms with Crippen LogP contribution in [0.3, 0.4) is 0 Å². The molecule has 2 N–H and O–H groups in total. The Balaban J connectivity index is 3.30. The summed E-state index contributed by atoms with van der Waals surface area (Å²) in [6.45, 7) is 4.61. The largest absolute Gasteiger partial charge is 0.387 e. The minimum Gasteiger partial charge on any atom is -0.387 e. The molecule has 0 bridgehead atoms. The average molecular weight is 175 g/mol. The predicted molar refractivity (Wildman–Crippen MR) is 45.8 cm³/mol. The highest BCUT2D eigenvalue weighted by atomic mass is 16.5. The first-order valence-corrected chi connectivity index (χ1v) is 4.19. The van der Waals surface area contributed by atoms with Gasteiger partial charge in [0.25, 0.3) is 0 Å². The van der Waals surface area contributed by atoms with Gasteiger partial charge < -0.3 is 15.2 Å². The average Bonchev–Trinajstić information content (AvgIpc) is 2.10. The van der Waals surface area contributed by atoms with Crippen LogP contribution in [0.15, 0.2) is 0 Å².